The van der Waals surface area contributed by atoms with Crippen LogP contribution in [-0.2, 0) is 9.53 Å². The Bertz CT molecular complexity index is 199. The molecule has 0 aromatic carbocycles. The van der Waals surface area contributed by atoms with Gasteiger partial charge in [0.1, 0.15) is 0 Å². The molecule has 0 aromatic heterocycles. The summed E-state index contributed by atoms with van der Waals surface area (Å²) < 4.78 is 5.15. The third-order valence-electron chi connectivity index (χ3n) is 2.93. The molecule has 0 saturated carbocycles. The number of hydrogen-bond donors (Lipinski definition) is 0. The van der Waals surface area contributed by atoms with E-state index in [0.717, 1.165) is 19.3 Å². The predicted molar refractivity (Wildman–Crippen MR) is 72.9 cm³/mol. The first-order chi connectivity index (χ1) is 8.20. The molecular weight excluding hydrogens is 212 g/mol. The van der Waals surface area contributed by atoms with Gasteiger partial charge in [0.25, 0.3) is 0 Å². The van der Waals surface area contributed by atoms with Gasteiger partial charge in [0.2, 0.25) is 0 Å². The van der Waals surface area contributed by atoms with Crippen molar-refractivity contribution in [2.45, 2.75) is 65.2 Å². The highest BCUT2D eigenvalue weighted by Gasteiger charge is 2.04. The summed E-state index contributed by atoms with van der Waals surface area (Å²) in [5.41, 5.74) is 0. The van der Waals surface area contributed by atoms with Crippen molar-refractivity contribution in [3.05, 3.63) is 12.7 Å². The Morgan fingerprint density at radius 2 is 2.06 bits per heavy atom. The van der Waals surface area contributed by atoms with Crippen LogP contribution in [0.1, 0.15) is 65.2 Å². The summed E-state index contributed by atoms with van der Waals surface area (Å²) in [4.78, 5) is 11.1. The zero-order chi connectivity index (χ0) is 12.9. The Kier molecular flexibility index (Phi) is 11.1. The zero-order valence-electron chi connectivity index (χ0n) is 11.5. The predicted octanol–water partition coefficient (Wildman–Crippen LogP) is 4.49. The van der Waals surface area contributed by atoms with E-state index >= 15 is 0 Å². The molecule has 0 aliphatic heterocycles. The van der Waals surface area contributed by atoms with E-state index in [0.29, 0.717) is 18.9 Å². The first-order valence-electron chi connectivity index (χ1n) is 6.97. The molecule has 100 valence electrons. The van der Waals surface area contributed by atoms with Crippen molar-refractivity contribution >= 4 is 5.97 Å². The normalized spacial score (nSPS) is 12.1. The molecule has 0 aliphatic carbocycles. The first kappa shape index (κ1) is 16.2. The molecule has 0 aromatic rings. The monoisotopic (exact) mass is 240 g/mol. The fourth-order valence-corrected chi connectivity index (χ4v) is 1.75. The fraction of sp³-hybridized carbons (Fsp3) is 0.800. The minimum absolute atomic E-state index is 0.0503. The molecular formula is C15H28O2. The van der Waals surface area contributed by atoms with E-state index in [9.17, 15) is 4.79 Å². The molecule has 0 spiro atoms. The molecule has 0 rings (SSSR count). The molecule has 0 heterocycles. The van der Waals surface area contributed by atoms with Crippen molar-refractivity contribution < 1.29 is 9.53 Å². The summed E-state index contributed by atoms with van der Waals surface area (Å²) in [5, 5.41) is 0. The van der Waals surface area contributed by atoms with Crippen LogP contribution in [-0.4, -0.2) is 12.6 Å². The second-order valence-corrected chi connectivity index (χ2v) is 4.79. The van der Waals surface area contributed by atoms with Gasteiger partial charge in [-0.05, 0) is 31.6 Å². The molecule has 0 amide bonds. The zero-order valence-corrected chi connectivity index (χ0v) is 11.5. The molecule has 0 saturated heterocycles. The van der Waals surface area contributed by atoms with Gasteiger partial charge in [-0.1, -0.05) is 39.2 Å². The summed E-state index contributed by atoms with van der Waals surface area (Å²) in [6.45, 7) is 8.54. The highest BCUT2D eigenvalue weighted by molar-refractivity contribution is 5.69. The molecule has 2 nitrogen and oxygen atoms in total. The lowest BCUT2D eigenvalue weighted by Gasteiger charge is -2.11. The second kappa shape index (κ2) is 11.7. The topological polar surface area (TPSA) is 26.3 Å². The van der Waals surface area contributed by atoms with Crippen LogP contribution in [0.5, 0.6) is 0 Å². The van der Waals surface area contributed by atoms with Crippen molar-refractivity contribution in [1.82, 2.24) is 0 Å². The third kappa shape index (κ3) is 11.5. The summed E-state index contributed by atoms with van der Waals surface area (Å²) >= 11 is 0. The van der Waals surface area contributed by atoms with Crippen LogP contribution in [0, 0.1) is 5.92 Å². The van der Waals surface area contributed by atoms with E-state index in [1.165, 1.54) is 25.7 Å². The summed E-state index contributed by atoms with van der Waals surface area (Å²) in [5.74, 6) is 0.610. The number of hydrogen-bond acceptors (Lipinski definition) is 2. The van der Waals surface area contributed by atoms with Gasteiger partial charge in [0.15, 0.2) is 0 Å². The maximum atomic E-state index is 11.1. The van der Waals surface area contributed by atoms with Gasteiger partial charge in [-0.25, -0.2) is 0 Å². The maximum absolute atomic E-state index is 11.1. The molecule has 17 heavy (non-hydrogen) atoms. The van der Waals surface area contributed by atoms with E-state index in [-0.39, 0.29) is 5.97 Å². The maximum Gasteiger partial charge on any atom is 0.305 e. The fourth-order valence-electron chi connectivity index (χ4n) is 1.75. The lowest BCUT2D eigenvalue weighted by atomic mass is 10.00. The van der Waals surface area contributed by atoms with E-state index in [1.807, 2.05) is 13.0 Å². The van der Waals surface area contributed by atoms with Gasteiger partial charge < -0.3 is 4.74 Å². The average molecular weight is 240 g/mol. The Morgan fingerprint density at radius 3 is 2.71 bits per heavy atom. The lowest BCUT2D eigenvalue weighted by Crippen LogP contribution is -2.08. The molecule has 0 N–H and O–H groups in total. The van der Waals surface area contributed by atoms with Crippen LogP contribution in [0.3, 0.4) is 0 Å². The highest BCUT2D eigenvalue weighted by Crippen LogP contribution is 2.14. The van der Waals surface area contributed by atoms with Crippen molar-refractivity contribution in [2.24, 2.45) is 5.92 Å². The minimum atomic E-state index is -0.0503. The van der Waals surface area contributed by atoms with Gasteiger partial charge in [-0.15, -0.1) is 6.58 Å². The molecule has 0 bridgehead atoms. The van der Waals surface area contributed by atoms with Gasteiger partial charge in [0.05, 0.1) is 6.61 Å². The third-order valence-corrected chi connectivity index (χ3v) is 2.93. The van der Waals surface area contributed by atoms with Gasteiger partial charge >= 0.3 is 5.97 Å². The first-order valence-corrected chi connectivity index (χ1v) is 6.97. The standard InChI is InChI=1S/C15H28O2/c1-4-6-7-8-9-11-14(3)12-13-17-15(16)10-5-2/h4,14H,1,5-13H2,2-3H3. The van der Waals surface area contributed by atoms with Crippen LogP contribution in [0.25, 0.3) is 0 Å². The Balaban J connectivity index is 3.30. The number of unbranched alkanes of at least 4 members (excludes halogenated alkanes) is 3. The quantitative estimate of drug-likeness (QED) is 0.302. The summed E-state index contributed by atoms with van der Waals surface area (Å²) in [6.07, 6.45) is 10.6. The Morgan fingerprint density at radius 1 is 1.29 bits per heavy atom. The molecule has 2 heteroatoms. The largest absolute Gasteiger partial charge is 0.466 e. The van der Waals surface area contributed by atoms with E-state index in [1.54, 1.807) is 0 Å². The summed E-state index contributed by atoms with van der Waals surface area (Å²) in [6, 6.07) is 0. The number of allylic oxidation sites excluding steroid dienone is 1. The average Bonchev–Trinajstić information content (AvgIpc) is 2.29. The number of ether oxygens (including phenoxy) is 1. The molecule has 0 aliphatic rings. The number of rotatable bonds is 11. The lowest BCUT2D eigenvalue weighted by molar-refractivity contribution is -0.144. The van der Waals surface area contributed by atoms with Crippen LogP contribution >= 0.6 is 0 Å². The van der Waals surface area contributed by atoms with Crippen LogP contribution in [0.15, 0.2) is 12.7 Å². The van der Waals surface area contributed by atoms with E-state index < -0.39 is 0 Å². The van der Waals surface area contributed by atoms with Crippen LogP contribution in [0.4, 0.5) is 0 Å². The van der Waals surface area contributed by atoms with E-state index in [2.05, 4.69) is 13.5 Å². The summed E-state index contributed by atoms with van der Waals surface area (Å²) in [7, 11) is 0. The Hall–Kier alpha value is -0.790. The van der Waals surface area contributed by atoms with Crippen molar-refractivity contribution in [3.63, 3.8) is 0 Å². The molecule has 0 radical (unpaired) electrons. The van der Waals surface area contributed by atoms with Crippen LogP contribution < -0.4 is 0 Å². The minimum Gasteiger partial charge on any atom is -0.466 e. The molecule has 1 unspecified atom stereocenters. The van der Waals surface area contributed by atoms with Gasteiger partial charge in [-0.2, -0.15) is 0 Å². The van der Waals surface area contributed by atoms with E-state index in [4.69, 9.17) is 4.74 Å². The highest BCUT2D eigenvalue weighted by atomic mass is 16.5. The van der Waals surface area contributed by atoms with Crippen molar-refractivity contribution in [1.29, 1.82) is 0 Å². The molecule has 1 atom stereocenters. The van der Waals surface area contributed by atoms with Crippen molar-refractivity contribution in [2.75, 3.05) is 6.61 Å². The van der Waals surface area contributed by atoms with Gasteiger partial charge in [0, 0.05) is 6.42 Å². The van der Waals surface area contributed by atoms with Gasteiger partial charge in [-0.3, -0.25) is 4.79 Å². The number of carbonyl (C=O) groups excluding carboxylic acids is 1. The number of esters is 1. The van der Waals surface area contributed by atoms with Crippen molar-refractivity contribution in [3.8, 4) is 0 Å². The SMILES string of the molecule is C=CCCCCCC(C)CCOC(=O)CCC. The smallest absolute Gasteiger partial charge is 0.305 e. The number of carbonyl (C=O) groups is 1. The molecule has 0 fully saturated rings. The Labute approximate surface area is 106 Å². The van der Waals surface area contributed by atoms with Crippen LogP contribution in [0.2, 0.25) is 0 Å². The second-order valence-electron chi connectivity index (χ2n) is 4.79.